The van der Waals surface area contributed by atoms with E-state index in [1.54, 1.807) is 11.3 Å². The van der Waals surface area contributed by atoms with Gasteiger partial charge >= 0.3 is 0 Å². The smallest absolute Gasteiger partial charge is 0.123 e. The molecule has 4 heteroatoms. The van der Waals surface area contributed by atoms with Crippen LogP contribution in [-0.4, -0.2) is 13.2 Å². The first-order chi connectivity index (χ1) is 8.76. The van der Waals surface area contributed by atoms with Crippen molar-refractivity contribution in [3.8, 4) is 5.75 Å². The van der Waals surface area contributed by atoms with Crippen LogP contribution in [-0.2, 0) is 0 Å². The maximum absolute atomic E-state index is 6.00. The van der Waals surface area contributed by atoms with Gasteiger partial charge in [-0.05, 0) is 25.1 Å². The van der Waals surface area contributed by atoms with E-state index in [4.69, 9.17) is 22.1 Å². The second kappa shape index (κ2) is 6.23. The number of rotatable bonds is 5. The highest BCUT2D eigenvalue weighted by Crippen LogP contribution is 2.36. The van der Waals surface area contributed by atoms with E-state index in [1.807, 2.05) is 37.3 Å². The molecule has 2 N–H and O–H groups in total. The zero-order valence-electron chi connectivity index (χ0n) is 10.2. The van der Waals surface area contributed by atoms with Gasteiger partial charge in [0.15, 0.2) is 0 Å². The predicted molar refractivity (Wildman–Crippen MR) is 77.8 cm³/mol. The third-order valence-corrected chi connectivity index (χ3v) is 4.11. The van der Waals surface area contributed by atoms with Gasteiger partial charge in [-0.2, -0.15) is 0 Å². The summed E-state index contributed by atoms with van der Waals surface area (Å²) in [6.45, 7) is 3.18. The lowest BCUT2D eigenvalue weighted by Crippen LogP contribution is -2.14. The van der Waals surface area contributed by atoms with E-state index in [0.29, 0.717) is 13.2 Å². The van der Waals surface area contributed by atoms with Crippen molar-refractivity contribution in [2.45, 2.75) is 12.8 Å². The molecule has 1 unspecified atom stereocenters. The van der Waals surface area contributed by atoms with E-state index in [2.05, 4.69) is 6.07 Å². The van der Waals surface area contributed by atoms with Gasteiger partial charge in [0.2, 0.25) is 0 Å². The topological polar surface area (TPSA) is 35.2 Å². The summed E-state index contributed by atoms with van der Waals surface area (Å²) in [6, 6.07) is 12.0. The van der Waals surface area contributed by atoms with Crippen LogP contribution in [0.2, 0.25) is 4.34 Å². The highest BCUT2D eigenvalue weighted by Gasteiger charge is 2.18. The molecule has 1 aromatic heterocycles. The first-order valence-corrected chi connectivity index (χ1v) is 7.12. The highest BCUT2D eigenvalue weighted by molar-refractivity contribution is 7.16. The van der Waals surface area contributed by atoms with Crippen molar-refractivity contribution in [3.63, 3.8) is 0 Å². The minimum Gasteiger partial charge on any atom is -0.494 e. The first kappa shape index (κ1) is 13.4. The molecule has 0 aliphatic heterocycles. The van der Waals surface area contributed by atoms with Crippen LogP contribution in [0.15, 0.2) is 36.4 Å². The Kier molecular flexibility index (Phi) is 4.64. The number of hydrogen-bond acceptors (Lipinski definition) is 3. The van der Waals surface area contributed by atoms with Gasteiger partial charge in [0.05, 0.1) is 10.9 Å². The van der Waals surface area contributed by atoms with E-state index < -0.39 is 0 Å². The summed E-state index contributed by atoms with van der Waals surface area (Å²) in [4.78, 5) is 1.18. The summed E-state index contributed by atoms with van der Waals surface area (Å²) in [5.74, 6) is 1.05. The Bertz CT molecular complexity index is 512. The molecule has 0 radical (unpaired) electrons. The van der Waals surface area contributed by atoms with Crippen molar-refractivity contribution in [2.24, 2.45) is 5.73 Å². The minimum atomic E-state index is 0.144. The van der Waals surface area contributed by atoms with E-state index in [-0.39, 0.29) is 5.92 Å². The highest BCUT2D eigenvalue weighted by atomic mass is 35.5. The second-order valence-electron chi connectivity index (χ2n) is 3.90. The fourth-order valence-corrected chi connectivity index (χ4v) is 3.16. The van der Waals surface area contributed by atoms with Crippen LogP contribution in [0.1, 0.15) is 23.3 Å². The molecule has 0 saturated carbocycles. The van der Waals surface area contributed by atoms with Crippen LogP contribution < -0.4 is 10.5 Å². The van der Waals surface area contributed by atoms with Crippen molar-refractivity contribution in [1.82, 2.24) is 0 Å². The van der Waals surface area contributed by atoms with E-state index in [1.165, 1.54) is 4.88 Å². The molecule has 1 aromatic carbocycles. The van der Waals surface area contributed by atoms with Crippen LogP contribution in [0.4, 0.5) is 0 Å². The summed E-state index contributed by atoms with van der Waals surface area (Å²) >= 11 is 7.57. The van der Waals surface area contributed by atoms with Crippen molar-refractivity contribution in [1.29, 1.82) is 0 Å². The molecular weight excluding hydrogens is 266 g/mol. The Labute approximate surface area is 116 Å². The third-order valence-electron chi connectivity index (χ3n) is 2.77. The van der Waals surface area contributed by atoms with E-state index in [0.717, 1.165) is 15.6 Å². The molecule has 2 aromatic rings. The first-order valence-electron chi connectivity index (χ1n) is 5.93. The predicted octanol–water partition coefficient (Wildman–Crippen LogP) is 3.89. The molecule has 96 valence electrons. The fraction of sp³-hybridized carbons (Fsp3) is 0.286. The molecule has 0 spiro atoms. The van der Waals surface area contributed by atoms with Crippen LogP contribution in [0, 0.1) is 0 Å². The van der Waals surface area contributed by atoms with Crippen molar-refractivity contribution >= 4 is 22.9 Å². The minimum absolute atomic E-state index is 0.144. The summed E-state index contributed by atoms with van der Waals surface area (Å²) < 4.78 is 6.45. The lowest BCUT2D eigenvalue weighted by molar-refractivity contribution is 0.335. The SMILES string of the molecule is CCOc1ccccc1C(CN)c1ccc(Cl)s1. The normalized spacial score (nSPS) is 12.4. The van der Waals surface area contributed by atoms with E-state index >= 15 is 0 Å². The average molecular weight is 282 g/mol. The maximum Gasteiger partial charge on any atom is 0.123 e. The average Bonchev–Trinajstić information content (AvgIpc) is 2.79. The number of nitrogens with two attached hydrogens (primary N) is 1. The van der Waals surface area contributed by atoms with Crippen molar-refractivity contribution in [2.75, 3.05) is 13.2 Å². The Morgan fingerprint density at radius 3 is 2.67 bits per heavy atom. The Hall–Kier alpha value is -1.03. The largest absolute Gasteiger partial charge is 0.494 e. The molecule has 0 fully saturated rings. The molecule has 0 aliphatic carbocycles. The van der Waals surface area contributed by atoms with Gasteiger partial charge in [-0.25, -0.2) is 0 Å². The molecule has 1 atom stereocenters. The molecule has 0 amide bonds. The summed E-state index contributed by atoms with van der Waals surface area (Å²) in [6.07, 6.45) is 0. The third kappa shape index (κ3) is 2.86. The standard InChI is InChI=1S/C14H16ClNOS/c1-2-17-12-6-4-3-5-10(12)11(9-16)13-7-8-14(15)18-13/h3-8,11H,2,9,16H2,1H3. The van der Waals surface area contributed by atoms with Crippen LogP contribution >= 0.6 is 22.9 Å². The molecule has 2 rings (SSSR count). The molecular formula is C14H16ClNOS. The number of benzene rings is 1. The molecule has 0 bridgehead atoms. The number of hydrogen-bond donors (Lipinski definition) is 1. The fourth-order valence-electron chi connectivity index (χ4n) is 1.97. The number of thiophene rings is 1. The van der Waals surface area contributed by atoms with Gasteiger partial charge in [0, 0.05) is 22.9 Å². The van der Waals surface area contributed by atoms with Crippen molar-refractivity contribution in [3.05, 3.63) is 51.2 Å². The molecule has 0 aliphatic rings. The quantitative estimate of drug-likeness (QED) is 0.902. The summed E-state index contributed by atoms with van der Waals surface area (Å²) in [5, 5.41) is 0. The number of para-hydroxylation sites is 1. The number of ether oxygens (including phenoxy) is 1. The van der Waals surface area contributed by atoms with Gasteiger partial charge in [0.25, 0.3) is 0 Å². The molecule has 18 heavy (non-hydrogen) atoms. The van der Waals surface area contributed by atoms with Crippen LogP contribution in [0.3, 0.4) is 0 Å². The van der Waals surface area contributed by atoms with Gasteiger partial charge in [-0.1, -0.05) is 29.8 Å². The summed E-state index contributed by atoms with van der Waals surface area (Å²) in [5.41, 5.74) is 7.04. The zero-order chi connectivity index (χ0) is 13.0. The molecule has 0 saturated heterocycles. The van der Waals surface area contributed by atoms with Gasteiger partial charge in [-0.3, -0.25) is 0 Å². The van der Waals surface area contributed by atoms with Crippen LogP contribution in [0.5, 0.6) is 5.75 Å². The zero-order valence-corrected chi connectivity index (χ0v) is 11.8. The lowest BCUT2D eigenvalue weighted by Gasteiger charge is -2.17. The van der Waals surface area contributed by atoms with E-state index in [9.17, 15) is 0 Å². The van der Waals surface area contributed by atoms with Crippen molar-refractivity contribution < 1.29 is 4.74 Å². The second-order valence-corrected chi connectivity index (χ2v) is 5.65. The van der Waals surface area contributed by atoms with Crippen LogP contribution in [0.25, 0.3) is 0 Å². The van der Waals surface area contributed by atoms with Gasteiger partial charge in [0.1, 0.15) is 5.75 Å². The Morgan fingerprint density at radius 1 is 1.28 bits per heavy atom. The monoisotopic (exact) mass is 281 g/mol. The summed E-state index contributed by atoms with van der Waals surface area (Å²) in [7, 11) is 0. The van der Waals surface area contributed by atoms with Gasteiger partial charge in [-0.15, -0.1) is 11.3 Å². The van der Waals surface area contributed by atoms with Gasteiger partial charge < -0.3 is 10.5 Å². The Morgan fingerprint density at radius 2 is 2.06 bits per heavy atom. The molecule has 2 nitrogen and oxygen atoms in total. The lowest BCUT2D eigenvalue weighted by atomic mass is 9.96. The molecule has 1 heterocycles. The maximum atomic E-state index is 6.00. The Balaban J connectivity index is 2.38. The number of halogens is 1.